The van der Waals surface area contributed by atoms with Crippen molar-refractivity contribution in [2.45, 2.75) is 12.3 Å². The molecule has 1 aromatic heterocycles. The summed E-state index contributed by atoms with van der Waals surface area (Å²) in [5, 5.41) is 12.6. The largest absolute Gasteiger partial charge is 0.497 e. The average Bonchev–Trinajstić information content (AvgIpc) is 3.09. The Morgan fingerprint density at radius 1 is 1.28 bits per heavy atom. The number of carbonyl (C=O) groups is 2. The molecule has 0 unspecified atom stereocenters. The van der Waals surface area contributed by atoms with Gasteiger partial charge in [-0.3, -0.25) is 4.79 Å². The summed E-state index contributed by atoms with van der Waals surface area (Å²) in [4.78, 5) is 25.2. The van der Waals surface area contributed by atoms with Gasteiger partial charge in [0, 0.05) is 27.3 Å². The number of rotatable bonds is 4. The quantitative estimate of drug-likeness (QED) is 0.522. The van der Waals surface area contributed by atoms with Gasteiger partial charge in [-0.15, -0.1) is 11.3 Å². The molecule has 0 fully saturated rings. The first-order valence-corrected chi connectivity index (χ1v) is 10.3. The zero-order valence-electron chi connectivity index (χ0n) is 15.2. The standard InChI is InChI=1S/C21H15BrFNO4S/c1-28-12-5-2-10(3-6-12)17-18-19(29-20(17)21(26)27)14(9-16(25)24-18)13-8-11(22)4-7-15(13)23/h2-8,14H,9H2,1H3,(H,24,25)(H,26,27)/t14-/m0/s1. The summed E-state index contributed by atoms with van der Waals surface area (Å²) in [7, 11) is 1.54. The number of thiophene rings is 1. The maximum Gasteiger partial charge on any atom is 0.346 e. The number of carboxylic acids is 1. The van der Waals surface area contributed by atoms with Gasteiger partial charge in [0.05, 0.1) is 12.8 Å². The molecular weight excluding hydrogens is 461 g/mol. The third-order valence-corrected chi connectivity index (χ3v) is 6.60. The zero-order chi connectivity index (χ0) is 20.7. The fraction of sp³-hybridized carbons (Fsp3) is 0.143. The molecular formula is C21H15BrFNO4S. The molecule has 8 heteroatoms. The van der Waals surface area contributed by atoms with Gasteiger partial charge in [0.2, 0.25) is 5.91 Å². The minimum Gasteiger partial charge on any atom is -0.497 e. The maximum atomic E-state index is 14.6. The van der Waals surface area contributed by atoms with Crippen LogP contribution in [0.1, 0.15) is 32.5 Å². The molecule has 0 spiro atoms. The Kier molecular flexibility index (Phi) is 5.14. The zero-order valence-corrected chi connectivity index (χ0v) is 17.6. The van der Waals surface area contributed by atoms with Crippen molar-refractivity contribution in [3.8, 4) is 16.9 Å². The Bertz CT molecular complexity index is 1130. The van der Waals surface area contributed by atoms with E-state index in [2.05, 4.69) is 21.2 Å². The van der Waals surface area contributed by atoms with Gasteiger partial charge in [-0.1, -0.05) is 28.1 Å². The van der Waals surface area contributed by atoms with Crippen LogP contribution < -0.4 is 10.1 Å². The minimum atomic E-state index is -1.10. The highest BCUT2D eigenvalue weighted by Crippen LogP contribution is 2.50. The lowest BCUT2D eigenvalue weighted by Gasteiger charge is -2.24. The summed E-state index contributed by atoms with van der Waals surface area (Å²) in [6, 6.07) is 11.5. The van der Waals surface area contributed by atoms with E-state index in [4.69, 9.17) is 4.74 Å². The van der Waals surface area contributed by atoms with Crippen LogP contribution in [0.5, 0.6) is 5.75 Å². The van der Waals surface area contributed by atoms with Crippen molar-refractivity contribution in [2.24, 2.45) is 0 Å². The first-order chi connectivity index (χ1) is 13.9. The fourth-order valence-corrected chi connectivity index (χ4v) is 5.12. The minimum absolute atomic E-state index is 0.0436. The van der Waals surface area contributed by atoms with E-state index in [1.807, 2.05) is 0 Å². The number of carbonyl (C=O) groups excluding carboxylic acids is 1. The molecule has 3 aromatic rings. The van der Waals surface area contributed by atoms with Crippen LogP contribution in [0.15, 0.2) is 46.9 Å². The Hall–Kier alpha value is -2.71. The van der Waals surface area contributed by atoms with E-state index in [-0.39, 0.29) is 17.2 Å². The van der Waals surface area contributed by atoms with E-state index < -0.39 is 17.7 Å². The summed E-state index contributed by atoms with van der Waals surface area (Å²) >= 11 is 4.41. The summed E-state index contributed by atoms with van der Waals surface area (Å²) in [6.07, 6.45) is 0.0436. The molecule has 2 heterocycles. The van der Waals surface area contributed by atoms with Gasteiger partial charge >= 0.3 is 5.97 Å². The van der Waals surface area contributed by atoms with Crippen molar-refractivity contribution in [1.29, 1.82) is 0 Å². The monoisotopic (exact) mass is 475 g/mol. The van der Waals surface area contributed by atoms with E-state index in [9.17, 15) is 19.1 Å². The summed E-state index contributed by atoms with van der Waals surface area (Å²) in [5.41, 5.74) is 1.85. The third kappa shape index (κ3) is 3.54. The Labute approximate surface area is 178 Å². The number of hydrogen-bond acceptors (Lipinski definition) is 4. The summed E-state index contributed by atoms with van der Waals surface area (Å²) < 4.78 is 20.4. The molecule has 148 valence electrons. The van der Waals surface area contributed by atoms with Crippen molar-refractivity contribution >= 4 is 44.8 Å². The molecule has 2 N–H and O–H groups in total. The number of benzene rings is 2. The Morgan fingerprint density at radius 3 is 2.66 bits per heavy atom. The van der Waals surface area contributed by atoms with Crippen molar-refractivity contribution in [2.75, 3.05) is 12.4 Å². The highest BCUT2D eigenvalue weighted by molar-refractivity contribution is 9.10. The lowest BCUT2D eigenvalue weighted by molar-refractivity contribution is -0.116. The van der Waals surface area contributed by atoms with Crippen LogP contribution in [0.25, 0.3) is 11.1 Å². The van der Waals surface area contributed by atoms with Gasteiger partial charge in [-0.25, -0.2) is 9.18 Å². The number of anilines is 1. The summed E-state index contributed by atoms with van der Waals surface area (Å²) in [5.74, 6) is -1.75. The lowest BCUT2D eigenvalue weighted by Crippen LogP contribution is -2.23. The van der Waals surface area contributed by atoms with Gasteiger partial charge in [0.15, 0.2) is 0 Å². The van der Waals surface area contributed by atoms with E-state index in [1.54, 1.807) is 43.5 Å². The van der Waals surface area contributed by atoms with E-state index in [1.165, 1.54) is 6.07 Å². The highest BCUT2D eigenvalue weighted by Gasteiger charge is 2.35. The molecule has 29 heavy (non-hydrogen) atoms. The van der Waals surface area contributed by atoms with Gasteiger partial charge in [-0.2, -0.15) is 0 Å². The van der Waals surface area contributed by atoms with Crippen molar-refractivity contribution < 1.29 is 23.8 Å². The lowest BCUT2D eigenvalue weighted by atomic mass is 9.88. The first-order valence-electron chi connectivity index (χ1n) is 8.68. The van der Waals surface area contributed by atoms with Crippen LogP contribution in [0.3, 0.4) is 0 Å². The molecule has 1 aliphatic rings. The van der Waals surface area contributed by atoms with E-state index in [0.717, 1.165) is 11.3 Å². The topological polar surface area (TPSA) is 75.6 Å². The normalized spacial score (nSPS) is 15.6. The molecule has 4 rings (SSSR count). The SMILES string of the molecule is COc1ccc(-c2c(C(=O)O)sc3c2NC(=O)C[C@H]3c2cc(Br)ccc2F)cc1. The second-order valence-corrected chi connectivity index (χ2v) is 8.52. The van der Waals surface area contributed by atoms with Crippen molar-refractivity contribution in [3.63, 3.8) is 0 Å². The number of nitrogens with one attached hydrogen (secondary N) is 1. The number of ether oxygens (including phenoxy) is 1. The smallest absolute Gasteiger partial charge is 0.346 e. The molecule has 0 saturated carbocycles. The highest BCUT2D eigenvalue weighted by atomic mass is 79.9. The van der Waals surface area contributed by atoms with Crippen molar-refractivity contribution in [1.82, 2.24) is 0 Å². The number of aromatic carboxylic acids is 1. The molecule has 0 radical (unpaired) electrons. The number of methoxy groups -OCH3 is 1. The van der Waals surface area contributed by atoms with Crippen LogP contribution in [0.2, 0.25) is 0 Å². The second kappa shape index (κ2) is 7.61. The predicted molar refractivity (Wildman–Crippen MR) is 112 cm³/mol. The Balaban J connectivity index is 1.93. The van der Waals surface area contributed by atoms with Gasteiger partial charge in [0.1, 0.15) is 16.4 Å². The molecule has 1 amide bonds. The average molecular weight is 476 g/mol. The first kappa shape index (κ1) is 19.6. The van der Waals surface area contributed by atoms with Gasteiger partial charge in [0.25, 0.3) is 0 Å². The number of amides is 1. The van der Waals surface area contributed by atoms with Crippen LogP contribution in [-0.4, -0.2) is 24.1 Å². The summed E-state index contributed by atoms with van der Waals surface area (Å²) in [6.45, 7) is 0. The molecule has 0 aliphatic carbocycles. The Morgan fingerprint density at radius 2 is 2.00 bits per heavy atom. The molecule has 1 aliphatic heterocycles. The second-order valence-electron chi connectivity index (χ2n) is 6.55. The number of hydrogen-bond donors (Lipinski definition) is 2. The van der Waals surface area contributed by atoms with Gasteiger partial charge < -0.3 is 15.2 Å². The van der Waals surface area contributed by atoms with Crippen LogP contribution in [-0.2, 0) is 4.79 Å². The number of halogens is 2. The molecule has 5 nitrogen and oxygen atoms in total. The molecule has 0 bridgehead atoms. The van der Waals surface area contributed by atoms with Gasteiger partial charge in [-0.05, 0) is 41.5 Å². The number of carboxylic acid groups (broad SMARTS) is 1. The van der Waals surface area contributed by atoms with E-state index >= 15 is 0 Å². The fourth-order valence-electron chi connectivity index (χ4n) is 3.50. The van der Waals surface area contributed by atoms with Crippen LogP contribution in [0, 0.1) is 5.82 Å². The molecule has 0 saturated heterocycles. The van der Waals surface area contributed by atoms with Crippen LogP contribution in [0.4, 0.5) is 10.1 Å². The van der Waals surface area contributed by atoms with E-state index in [0.29, 0.717) is 37.5 Å². The predicted octanol–water partition coefficient (Wildman–Crippen LogP) is 5.50. The van der Waals surface area contributed by atoms with Crippen molar-refractivity contribution in [3.05, 3.63) is 68.1 Å². The molecule has 2 aromatic carbocycles. The maximum absolute atomic E-state index is 14.6. The molecule has 1 atom stereocenters. The van der Waals surface area contributed by atoms with Crippen LogP contribution >= 0.6 is 27.3 Å². The third-order valence-electron chi connectivity index (χ3n) is 4.81. The number of fused-ring (bicyclic) bond motifs is 1.